The zero-order valence-corrected chi connectivity index (χ0v) is 7.82. The summed E-state index contributed by atoms with van der Waals surface area (Å²) in [5, 5.41) is 13.1. The number of allylic oxidation sites excluding steroid dienone is 1. The number of aliphatic hydroxyl groups is 1. The van der Waals surface area contributed by atoms with Crippen LogP contribution in [-0.2, 0) is 0 Å². The van der Waals surface area contributed by atoms with Gasteiger partial charge in [-0.05, 0) is 37.5 Å². The summed E-state index contributed by atoms with van der Waals surface area (Å²) < 4.78 is 0. The molecule has 3 aliphatic rings. The molecule has 5 atom stereocenters. The fourth-order valence-corrected chi connectivity index (χ4v) is 3.06. The number of rotatable bonds is 0. The molecule has 0 aromatic carbocycles. The Bertz CT molecular complexity index is 238. The van der Waals surface area contributed by atoms with Crippen molar-refractivity contribution in [2.24, 2.45) is 17.8 Å². The molecule has 0 bridgehead atoms. The van der Waals surface area contributed by atoms with E-state index in [0.29, 0.717) is 12.0 Å². The lowest BCUT2D eigenvalue weighted by molar-refractivity contribution is 0.0563. The third-order valence-electron chi connectivity index (χ3n) is 3.88. The molecule has 1 saturated heterocycles. The molecular weight excluding hydrogens is 162 g/mol. The SMILES string of the molecule is OC1NC2CCCC=CC2C2CC12. The van der Waals surface area contributed by atoms with E-state index >= 15 is 0 Å². The van der Waals surface area contributed by atoms with E-state index < -0.39 is 0 Å². The Labute approximate surface area is 79.0 Å². The first kappa shape index (κ1) is 8.01. The number of aliphatic hydroxyl groups excluding tert-OH is 1. The van der Waals surface area contributed by atoms with Crippen LogP contribution in [0, 0.1) is 17.8 Å². The molecule has 2 aliphatic carbocycles. The molecule has 2 N–H and O–H groups in total. The lowest BCUT2D eigenvalue weighted by atomic mass is 9.88. The molecule has 3 rings (SSSR count). The maximum Gasteiger partial charge on any atom is 0.108 e. The molecular formula is C11H17NO. The average Bonchev–Trinajstić information content (AvgIpc) is 2.84. The van der Waals surface area contributed by atoms with Crippen LogP contribution in [0.15, 0.2) is 12.2 Å². The van der Waals surface area contributed by atoms with Gasteiger partial charge in [0.2, 0.25) is 0 Å². The topological polar surface area (TPSA) is 32.3 Å². The Balaban J connectivity index is 1.82. The van der Waals surface area contributed by atoms with Crippen molar-refractivity contribution in [3.05, 3.63) is 12.2 Å². The quantitative estimate of drug-likeness (QED) is 0.549. The minimum absolute atomic E-state index is 0.210. The predicted octanol–water partition coefficient (Wildman–Crippen LogP) is 1.27. The van der Waals surface area contributed by atoms with Crippen molar-refractivity contribution in [2.45, 2.75) is 38.0 Å². The summed E-state index contributed by atoms with van der Waals surface area (Å²) in [6, 6.07) is 0.553. The molecule has 72 valence electrons. The average molecular weight is 179 g/mol. The van der Waals surface area contributed by atoms with Gasteiger partial charge in [0, 0.05) is 12.0 Å². The molecule has 1 aliphatic heterocycles. The third kappa shape index (κ3) is 1.24. The van der Waals surface area contributed by atoms with Crippen molar-refractivity contribution in [2.75, 3.05) is 0 Å². The van der Waals surface area contributed by atoms with Crippen molar-refractivity contribution >= 4 is 0 Å². The van der Waals surface area contributed by atoms with E-state index in [-0.39, 0.29) is 6.23 Å². The van der Waals surface area contributed by atoms with Crippen LogP contribution < -0.4 is 5.32 Å². The number of piperidine rings is 1. The zero-order chi connectivity index (χ0) is 8.84. The summed E-state index contributed by atoms with van der Waals surface area (Å²) in [6.45, 7) is 0. The number of fused-ring (bicyclic) bond motifs is 3. The van der Waals surface area contributed by atoms with Crippen LogP contribution in [0.5, 0.6) is 0 Å². The molecule has 0 spiro atoms. The van der Waals surface area contributed by atoms with Crippen LogP contribution in [-0.4, -0.2) is 17.4 Å². The molecule has 2 heteroatoms. The van der Waals surface area contributed by atoms with Crippen LogP contribution in [0.3, 0.4) is 0 Å². The molecule has 0 aromatic heterocycles. The van der Waals surface area contributed by atoms with Crippen LogP contribution >= 0.6 is 0 Å². The van der Waals surface area contributed by atoms with Gasteiger partial charge in [0.05, 0.1) is 0 Å². The smallest absolute Gasteiger partial charge is 0.108 e. The third-order valence-corrected chi connectivity index (χ3v) is 3.88. The minimum Gasteiger partial charge on any atom is -0.378 e. The first-order valence-electron chi connectivity index (χ1n) is 5.47. The largest absolute Gasteiger partial charge is 0.378 e. The van der Waals surface area contributed by atoms with Crippen LogP contribution in [0.4, 0.5) is 0 Å². The second-order valence-electron chi connectivity index (χ2n) is 4.72. The monoisotopic (exact) mass is 179 g/mol. The van der Waals surface area contributed by atoms with Crippen LogP contribution in [0.1, 0.15) is 25.7 Å². The Kier molecular flexibility index (Phi) is 1.74. The Hall–Kier alpha value is -0.340. The van der Waals surface area contributed by atoms with Gasteiger partial charge in [-0.3, -0.25) is 5.32 Å². The molecule has 2 nitrogen and oxygen atoms in total. The molecule has 0 aromatic rings. The first-order valence-corrected chi connectivity index (χ1v) is 5.47. The van der Waals surface area contributed by atoms with Crippen molar-refractivity contribution in [1.82, 2.24) is 5.32 Å². The fraction of sp³-hybridized carbons (Fsp3) is 0.818. The van der Waals surface area contributed by atoms with Gasteiger partial charge in [0.1, 0.15) is 6.23 Å². The van der Waals surface area contributed by atoms with Crippen molar-refractivity contribution < 1.29 is 5.11 Å². The molecule has 5 unspecified atom stereocenters. The molecule has 1 heterocycles. The zero-order valence-electron chi connectivity index (χ0n) is 7.82. The summed E-state index contributed by atoms with van der Waals surface area (Å²) in [5.74, 6) is 2.07. The van der Waals surface area contributed by atoms with Gasteiger partial charge in [-0.2, -0.15) is 0 Å². The standard InChI is InChI=1S/C11H17NO/c13-11-9-6-8(9)7-4-2-1-3-5-10(7)12-11/h2,4,7-13H,1,3,5-6H2. The van der Waals surface area contributed by atoms with Gasteiger partial charge in [0.25, 0.3) is 0 Å². The van der Waals surface area contributed by atoms with Crippen molar-refractivity contribution in [1.29, 1.82) is 0 Å². The van der Waals surface area contributed by atoms with Crippen molar-refractivity contribution in [3.63, 3.8) is 0 Å². The molecule has 2 fully saturated rings. The second-order valence-corrected chi connectivity index (χ2v) is 4.72. The van der Waals surface area contributed by atoms with E-state index in [9.17, 15) is 5.11 Å². The van der Waals surface area contributed by atoms with E-state index in [1.165, 1.54) is 25.7 Å². The number of hydrogen-bond donors (Lipinski definition) is 2. The van der Waals surface area contributed by atoms with Crippen LogP contribution in [0.2, 0.25) is 0 Å². The Morgan fingerprint density at radius 1 is 1.31 bits per heavy atom. The number of nitrogens with one attached hydrogen (secondary N) is 1. The lowest BCUT2D eigenvalue weighted by Crippen LogP contribution is -2.48. The van der Waals surface area contributed by atoms with E-state index in [4.69, 9.17) is 0 Å². The Morgan fingerprint density at radius 2 is 2.23 bits per heavy atom. The van der Waals surface area contributed by atoms with Gasteiger partial charge >= 0.3 is 0 Å². The molecule has 0 amide bonds. The highest BCUT2D eigenvalue weighted by atomic mass is 16.3. The second kappa shape index (κ2) is 2.82. The molecule has 0 radical (unpaired) electrons. The summed E-state index contributed by atoms with van der Waals surface area (Å²) >= 11 is 0. The normalized spacial score (nSPS) is 53.5. The molecule has 13 heavy (non-hydrogen) atoms. The van der Waals surface area contributed by atoms with E-state index in [2.05, 4.69) is 17.5 Å². The Morgan fingerprint density at radius 3 is 3.15 bits per heavy atom. The first-order chi connectivity index (χ1) is 6.36. The number of hydrogen-bond acceptors (Lipinski definition) is 2. The van der Waals surface area contributed by atoms with Gasteiger partial charge in [-0.15, -0.1) is 0 Å². The fourth-order valence-electron chi connectivity index (χ4n) is 3.06. The summed E-state index contributed by atoms with van der Waals surface area (Å²) in [6.07, 6.45) is 9.48. The van der Waals surface area contributed by atoms with Gasteiger partial charge in [0.15, 0.2) is 0 Å². The predicted molar refractivity (Wildman–Crippen MR) is 51.0 cm³/mol. The highest BCUT2D eigenvalue weighted by molar-refractivity contribution is 5.11. The van der Waals surface area contributed by atoms with Crippen LogP contribution in [0.25, 0.3) is 0 Å². The van der Waals surface area contributed by atoms with Crippen molar-refractivity contribution in [3.8, 4) is 0 Å². The maximum absolute atomic E-state index is 9.71. The summed E-state index contributed by atoms with van der Waals surface area (Å²) in [7, 11) is 0. The van der Waals surface area contributed by atoms with E-state index in [1.807, 2.05) is 0 Å². The lowest BCUT2D eigenvalue weighted by Gasteiger charge is -2.32. The summed E-state index contributed by atoms with van der Waals surface area (Å²) in [4.78, 5) is 0. The summed E-state index contributed by atoms with van der Waals surface area (Å²) in [5.41, 5.74) is 0. The van der Waals surface area contributed by atoms with Gasteiger partial charge in [-0.25, -0.2) is 0 Å². The van der Waals surface area contributed by atoms with Gasteiger partial charge < -0.3 is 5.11 Å². The van der Waals surface area contributed by atoms with E-state index in [1.54, 1.807) is 0 Å². The highest BCUT2D eigenvalue weighted by Crippen LogP contribution is 2.51. The van der Waals surface area contributed by atoms with Gasteiger partial charge in [-0.1, -0.05) is 12.2 Å². The van der Waals surface area contributed by atoms with E-state index in [0.717, 1.165) is 11.8 Å². The molecule has 1 saturated carbocycles. The minimum atomic E-state index is -0.210. The maximum atomic E-state index is 9.71. The highest BCUT2D eigenvalue weighted by Gasteiger charge is 2.52.